The Kier molecular flexibility index (Phi) is 4.81. The van der Waals surface area contributed by atoms with Gasteiger partial charge in [-0.25, -0.2) is 4.79 Å². The lowest BCUT2D eigenvalue weighted by molar-refractivity contribution is -0.147. The van der Waals surface area contributed by atoms with E-state index in [1.54, 1.807) is 17.9 Å². The number of esters is 1. The van der Waals surface area contributed by atoms with Crippen molar-refractivity contribution in [3.05, 3.63) is 33.8 Å². The second-order valence-electron chi connectivity index (χ2n) is 4.87. The summed E-state index contributed by atoms with van der Waals surface area (Å²) in [4.78, 5) is 26.1. The van der Waals surface area contributed by atoms with Gasteiger partial charge in [0.2, 0.25) is 0 Å². The van der Waals surface area contributed by atoms with Crippen molar-refractivity contribution in [1.29, 1.82) is 0 Å². The fourth-order valence-corrected chi connectivity index (χ4v) is 2.99. The van der Waals surface area contributed by atoms with Crippen molar-refractivity contribution in [3.8, 4) is 0 Å². The van der Waals surface area contributed by atoms with E-state index < -0.39 is 6.04 Å². The molecule has 1 fully saturated rings. The summed E-state index contributed by atoms with van der Waals surface area (Å²) in [6, 6.07) is 5.10. The molecule has 0 saturated carbocycles. The van der Waals surface area contributed by atoms with Crippen molar-refractivity contribution >= 4 is 27.8 Å². The van der Waals surface area contributed by atoms with Crippen LogP contribution in [0.3, 0.4) is 0 Å². The quantitative estimate of drug-likeness (QED) is 0.795. The zero-order chi connectivity index (χ0) is 14.7. The highest BCUT2D eigenvalue weighted by atomic mass is 79.9. The number of nitrogens with zero attached hydrogens (tertiary/aromatic N) is 1. The van der Waals surface area contributed by atoms with Gasteiger partial charge in [0.25, 0.3) is 5.91 Å². The molecule has 1 heterocycles. The second-order valence-corrected chi connectivity index (χ2v) is 5.78. The molecule has 0 radical (unpaired) electrons. The number of carbonyl (C=O) groups excluding carboxylic acids is 2. The van der Waals surface area contributed by atoms with Gasteiger partial charge in [-0.15, -0.1) is 0 Å². The van der Waals surface area contributed by atoms with Gasteiger partial charge >= 0.3 is 5.97 Å². The van der Waals surface area contributed by atoms with Gasteiger partial charge in [-0.2, -0.15) is 0 Å². The van der Waals surface area contributed by atoms with Crippen LogP contribution in [0.15, 0.2) is 22.7 Å². The van der Waals surface area contributed by atoms with Crippen molar-refractivity contribution in [2.24, 2.45) is 0 Å². The molecule has 1 aliphatic rings. The molecule has 0 aromatic heterocycles. The normalized spacial score (nSPS) is 18.1. The molecule has 1 aromatic carbocycles. The van der Waals surface area contributed by atoms with Crippen molar-refractivity contribution < 1.29 is 14.3 Å². The summed E-state index contributed by atoms with van der Waals surface area (Å²) >= 11 is 3.39. The molecule has 108 valence electrons. The molecule has 1 saturated heterocycles. The molecule has 0 bridgehead atoms. The third-order valence-corrected chi connectivity index (χ3v) is 3.98. The minimum Gasteiger partial charge on any atom is -0.464 e. The SMILES string of the molecule is CCOC(=O)C1CCCN1C(=O)c1ccc(Br)cc1C. The summed E-state index contributed by atoms with van der Waals surface area (Å²) < 4.78 is 5.99. The maximum absolute atomic E-state index is 12.6. The first-order valence-electron chi connectivity index (χ1n) is 6.78. The van der Waals surface area contributed by atoms with Gasteiger partial charge in [-0.1, -0.05) is 15.9 Å². The third-order valence-electron chi connectivity index (χ3n) is 3.49. The molecule has 20 heavy (non-hydrogen) atoms. The van der Waals surface area contributed by atoms with Crippen LogP contribution in [0.25, 0.3) is 0 Å². The monoisotopic (exact) mass is 339 g/mol. The molecule has 1 amide bonds. The zero-order valence-corrected chi connectivity index (χ0v) is 13.3. The average molecular weight is 340 g/mol. The molecule has 0 aliphatic carbocycles. The number of carbonyl (C=O) groups is 2. The number of likely N-dealkylation sites (tertiary alicyclic amines) is 1. The number of ether oxygens (including phenoxy) is 1. The van der Waals surface area contributed by atoms with E-state index in [1.165, 1.54) is 0 Å². The summed E-state index contributed by atoms with van der Waals surface area (Å²) in [6.45, 7) is 4.62. The van der Waals surface area contributed by atoms with E-state index in [0.29, 0.717) is 25.1 Å². The number of hydrogen-bond acceptors (Lipinski definition) is 3. The van der Waals surface area contributed by atoms with Gasteiger partial charge in [-0.3, -0.25) is 4.79 Å². The Balaban J connectivity index is 2.21. The van der Waals surface area contributed by atoms with E-state index in [9.17, 15) is 9.59 Å². The first-order chi connectivity index (χ1) is 9.54. The lowest BCUT2D eigenvalue weighted by Gasteiger charge is -2.23. The molecule has 0 N–H and O–H groups in total. The van der Waals surface area contributed by atoms with Crippen LogP contribution in [0.5, 0.6) is 0 Å². The number of benzene rings is 1. The summed E-state index contributed by atoms with van der Waals surface area (Å²) in [5.41, 5.74) is 1.54. The standard InChI is InChI=1S/C15H18BrNO3/c1-3-20-15(19)13-5-4-8-17(13)14(18)12-7-6-11(16)9-10(12)2/h6-7,9,13H,3-5,8H2,1-2H3. The Morgan fingerprint density at radius 1 is 1.45 bits per heavy atom. The first-order valence-corrected chi connectivity index (χ1v) is 7.57. The van der Waals surface area contributed by atoms with Crippen LogP contribution in [0.2, 0.25) is 0 Å². The lowest BCUT2D eigenvalue weighted by atomic mass is 10.1. The van der Waals surface area contributed by atoms with Gasteiger partial charge in [0.15, 0.2) is 0 Å². The Hall–Kier alpha value is -1.36. The molecular formula is C15H18BrNO3. The number of hydrogen-bond donors (Lipinski definition) is 0. The van der Waals surface area contributed by atoms with E-state index in [0.717, 1.165) is 16.5 Å². The highest BCUT2D eigenvalue weighted by Crippen LogP contribution is 2.24. The van der Waals surface area contributed by atoms with Crippen LogP contribution in [-0.2, 0) is 9.53 Å². The van der Waals surface area contributed by atoms with Gasteiger partial charge in [0.1, 0.15) is 6.04 Å². The van der Waals surface area contributed by atoms with Gasteiger partial charge in [0.05, 0.1) is 6.61 Å². The maximum Gasteiger partial charge on any atom is 0.328 e. The molecular weight excluding hydrogens is 322 g/mol. The van der Waals surface area contributed by atoms with Gasteiger partial charge in [-0.05, 0) is 50.5 Å². The number of amides is 1. The van der Waals surface area contributed by atoms with Crippen molar-refractivity contribution in [2.45, 2.75) is 32.7 Å². The smallest absolute Gasteiger partial charge is 0.328 e. The van der Waals surface area contributed by atoms with Crippen molar-refractivity contribution in [3.63, 3.8) is 0 Å². The average Bonchev–Trinajstić information content (AvgIpc) is 2.87. The van der Waals surface area contributed by atoms with Crippen LogP contribution < -0.4 is 0 Å². The minimum absolute atomic E-state index is 0.0921. The van der Waals surface area contributed by atoms with Gasteiger partial charge < -0.3 is 9.64 Å². The van der Waals surface area contributed by atoms with E-state index in [1.807, 2.05) is 19.1 Å². The topological polar surface area (TPSA) is 46.6 Å². The third kappa shape index (κ3) is 3.03. The fourth-order valence-electron chi connectivity index (χ4n) is 2.52. The predicted molar refractivity (Wildman–Crippen MR) is 79.6 cm³/mol. The van der Waals surface area contributed by atoms with Crippen LogP contribution in [0.4, 0.5) is 0 Å². The summed E-state index contributed by atoms with van der Waals surface area (Å²) in [6.07, 6.45) is 1.52. The number of rotatable bonds is 3. The molecule has 5 heteroatoms. The molecule has 1 unspecified atom stereocenters. The van der Waals surface area contributed by atoms with Crippen molar-refractivity contribution in [2.75, 3.05) is 13.2 Å². The summed E-state index contributed by atoms with van der Waals surface area (Å²) in [5.74, 6) is -0.390. The molecule has 1 atom stereocenters. The molecule has 1 aliphatic heterocycles. The van der Waals surface area contributed by atoms with Crippen molar-refractivity contribution in [1.82, 2.24) is 4.90 Å². The van der Waals surface area contributed by atoms with E-state index in [4.69, 9.17) is 4.74 Å². The number of halogens is 1. The molecule has 4 nitrogen and oxygen atoms in total. The maximum atomic E-state index is 12.6. The first kappa shape index (κ1) is 15.0. The number of aryl methyl sites for hydroxylation is 1. The predicted octanol–water partition coefficient (Wildman–Crippen LogP) is 2.93. The fraction of sp³-hybridized carbons (Fsp3) is 0.467. The van der Waals surface area contributed by atoms with Gasteiger partial charge in [0, 0.05) is 16.6 Å². The Morgan fingerprint density at radius 3 is 2.85 bits per heavy atom. The molecule has 2 rings (SSSR count). The van der Waals surface area contributed by atoms with Crippen LogP contribution in [0.1, 0.15) is 35.7 Å². The van der Waals surface area contributed by atoms with Crippen LogP contribution >= 0.6 is 15.9 Å². The minimum atomic E-state index is -0.439. The Morgan fingerprint density at radius 2 is 2.20 bits per heavy atom. The molecule has 1 aromatic rings. The Labute approximate surface area is 127 Å². The van der Waals surface area contributed by atoms with Crippen LogP contribution in [0, 0.1) is 6.92 Å². The summed E-state index contributed by atoms with van der Waals surface area (Å²) in [5, 5.41) is 0. The van der Waals surface area contributed by atoms with E-state index in [-0.39, 0.29) is 11.9 Å². The largest absolute Gasteiger partial charge is 0.464 e. The highest BCUT2D eigenvalue weighted by molar-refractivity contribution is 9.10. The Bertz CT molecular complexity index is 530. The van der Waals surface area contributed by atoms with E-state index >= 15 is 0 Å². The lowest BCUT2D eigenvalue weighted by Crippen LogP contribution is -2.41. The van der Waals surface area contributed by atoms with Crippen LogP contribution in [-0.4, -0.2) is 36.0 Å². The highest BCUT2D eigenvalue weighted by Gasteiger charge is 2.35. The second kappa shape index (κ2) is 6.39. The summed E-state index contributed by atoms with van der Waals surface area (Å²) in [7, 11) is 0. The van der Waals surface area contributed by atoms with E-state index in [2.05, 4.69) is 15.9 Å². The molecule has 0 spiro atoms. The zero-order valence-electron chi connectivity index (χ0n) is 11.7.